The lowest BCUT2D eigenvalue weighted by atomic mass is 10.0. The number of hydrogen-bond acceptors (Lipinski definition) is 4. The Morgan fingerprint density at radius 2 is 1.63 bits per heavy atom. The van der Waals surface area contributed by atoms with Gasteiger partial charge in [0.2, 0.25) is 0 Å². The van der Waals surface area contributed by atoms with Gasteiger partial charge in [0.25, 0.3) is 15.8 Å². The van der Waals surface area contributed by atoms with Gasteiger partial charge in [0.15, 0.2) is 0 Å². The minimum absolute atomic E-state index is 0.149. The second kappa shape index (κ2) is 4.81. The number of amides is 1. The van der Waals surface area contributed by atoms with Crippen LogP contribution in [-0.4, -0.2) is 26.4 Å². The maximum atomic E-state index is 11.9. The van der Waals surface area contributed by atoms with E-state index in [-0.39, 0.29) is 5.56 Å². The predicted octanol–water partition coefficient (Wildman–Crippen LogP) is 1.11. The van der Waals surface area contributed by atoms with E-state index in [0.29, 0.717) is 5.39 Å². The van der Waals surface area contributed by atoms with E-state index in [4.69, 9.17) is 0 Å². The first-order valence-electron chi connectivity index (χ1n) is 5.38. The van der Waals surface area contributed by atoms with E-state index < -0.39 is 21.7 Å². The largest absolute Gasteiger partial charge is 0.328 e. The number of carbonyl (C=O) groups is 2. The average Bonchev–Trinajstić information content (AvgIpc) is 2.35. The Morgan fingerprint density at radius 3 is 2.32 bits per heavy atom. The van der Waals surface area contributed by atoms with E-state index in [1.54, 1.807) is 36.4 Å². The van der Waals surface area contributed by atoms with Crippen molar-refractivity contribution in [1.29, 1.82) is 0 Å². The molecule has 0 heterocycles. The molecule has 0 bridgehead atoms. The summed E-state index contributed by atoms with van der Waals surface area (Å²) in [6, 6.07) is 11.9. The maximum Gasteiger partial charge on any atom is 0.328 e. The number of nitrogens with zero attached hydrogens (tertiary/aromatic N) is 1. The molecule has 0 saturated carbocycles. The summed E-state index contributed by atoms with van der Waals surface area (Å²) in [5, 5.41) is 1.38. The molecule has 0 N–H and O–H groups in total. The standard InChI is InChI=1S/C13H10NO4S/c1-19(17,18)14-13(16)12(15)11-8-4-6-9-5-2-3-7-10(9)11/h2-8H,1H3. The molecule has 0 aromatic heterocycles. The molecule has 1 amide bonds. The van der Waals surface area contributed by atoms with Gasteiger partial charge in [-0.25, -0.2) is 8.42 Å². The summed E-state index contributed by atoms with van der Waals surface area (Å²) >= 11 is 0. The normalized spacial score (nSPS) is 11.2. The summed E-state index contributed by atoms with van der Waals surface area (Å²) in [6.07, 6.45) is 0.765. The molecule has 0 aliphatic carbocycles. The third-order valence-electron chi connectivity index (χ3n) is 2.48. The highest BCUT2D eigenvalue weighted by molar-refractivity contribution is 7.89. The zero-order chi connectivity index (χ0) is 14.0. The molecule has 2 aromatic carbocycles. The van der Waals surface area contributed by atoms with Crippen LogP contribution in [0.5, 0.6) is 0 Å². The molecule has 0 unspecified atom stereocenters. The van der Waals surface area contributed by atoms with Crippen molar-refractivity contribution in [1.82, 2.24) is 4.72 Å². The Bertz CT molecular complexity index is 760. The van der Waals surface area contributed by atoms with Gasteiger partial charge in [-0.05, 0) is 10.8 Å². The van der Waals surface area contributed by atoms with Crippen LogP contribution in [-0.2, 0) is 14.8 Å². The molecule has 6 heteroatoms. The van der Waals surface area contributed by atoms with Crippen molar-refractivity contribution in [2.75, 3.05) is 6.26 Å². The van der Waals surface area contributed by atoms with Crippen molar-refractivity contribution in [3.8, 4) is 0 Å². The van der Waals surface area contributed by atoms with Gasteiger partial charge in [0.05, 0.1) is 6.26 Å². The van der Waals surface area contributed by atoms with Crippen molar-refractivity contribution >= 4 is 32.5 Å². The van der Waals surface area contributed by atoms with Gasteiger partial charge >= 0.3 is 5.91 Å². The number of Topliss-reactive ketones (excluding diaryl/α,β-unsaturated/α-hetero) is 1. The minimum Gasteiger partial charge on any atom is -0.283 e. The topological polar surface area (TPSA) is 82.4 Å². The number of carbonyl (C=O) groups excluding carboxylic acids is 2. The average molecular weight is 276 g/mol. The van der Waals surface area contributed by atoms with Crippen molar-refractivity contribution in [3.63, 3.8) is 0 Å². The molecule has 2 rings (SSSR count). The fourth-order valence-electron chi connectivity index (χ4n) is 1.73. The van der Waals surface area contributed by atoms with E-state index in [1.807, 2.05) is 0 Å². The van der Waals surface area contributed by atoms with E-state index >= 15 is 0 Å². The van der Waals surface area contributed by atoms with Crippen molar-refractivity contribution in [2.45, 2.75) is 0 Å². The van der Waals surface area contributed by atoms with E-state index in [9.17, 15) is 18.0 Å². The van der Waals surface area contributed by atoms with Crippen molar-refractivity contribution < 1.29 is 18.0 Å². The van der Waals surface area contributed by atoms with E-state index in [0.717, 1.165) is 11.6 Å². The van der Waals surface area contributed by atoms with E-state index in [1.165, 1.54) is 6.07 Å². The quantitative estimate of drug-likeness (QED) is 0.621. The van der Waals surface area contributed by atoms with Crippen LogP contribution in [0.4, 0.5) is 0 Å². The number of fused-ring (bicyclic) bond motifs is 1. The third kappa shape index (κ3) is 2.97. The molecule has 0 fully saturated rings. The van der Waals surface area contributed by atoms with Crippen LogP contribution in [0, 0.1) is 0 Å². The van der Waals surface area contributed by atoms with Crippen LogP contribution < -0.4 is 4.72 Å². The van der Waals surface area contributed by atoms with Gasteiger partial charge in [0.1, 0.15) is 0 Å². The smallest absolute Gasteiger partial charge is 0.283 e. The molecule has 0 aliphatic rings. The summed E-state index contributed by atoms with van der Waals surface area (Å²) in [4.78, 5) is 23.4. The second-order valence-corrected chi connectivity index (χ2v) is 5.63. The van der Waals surface area contributed by atoms with Crippen molar-refractivity contribution in [3.05, 3.63) is 48.0 Å². The first-order chi connectivity index (χ1) is 8.88. The fraction of sp³-hybridized carbons (Fsp3) is 0.0769. The summed E-state index contributed by atoms with van der Waals surface area (Å²) in [7, 11) is -3.88. The third-order valence-corrected chi connectivity index (χ3v) is 2.97. The lowest BCUT2D eigenvalue weighted by Crippen LogP contribution is -2.29. The Hall–Kier alpha value is -2.21. The van der Waals surface area contributed by atoms with Gasteiger partial charge in [-0.1, -0.05) is 42.5 Å². The number of ketones is 1. The molecular formula is C13H10NO4S. The van der Waals surface area contributed by atoms with Crippen LogP contribution in [0.1, 0.15) is 10.4 Å². The Balaban J connectivity index is 2.45. The molecule has 0 spiro atoms. The zero-order valence-electron chi connectivity index (χ0n) is 10.0. The van der Waals surface area contributed by atoms with Gasteiger partial charge in [-0.3, -0.25) is 9.59 Å². The molecule has 19 heavy (non-hydrogen) atoms. The molecular weight excluding hydrogens is 266 g/mol. The summed E-state index contributed by atoms with van der Waals surface area (Å²) in [5.74, 6) is -2.21. The minimum atomic E-state index is -3.88. The number of hydrogen-bond donors (Lipinski definition) is 0. The van der Waals surface area contributed by atoms with Gasteiger partial charge in [0, 0.05) is 5.56 Å². The molecule has 5 nitrogen and oxygen atoms in total. The second-order valence-electron chi connectivity index (χ2n) is 3.99. The first-order valence-corrected chi connectivity index (χ1v) is 7.23. The lowest BCUT2D eigenvalue weighted by Gasteiger charge is -2.04. The summed E-state index contributed by atoms with van der Waals surface area (Å²) < 4.78 is 24.7. The van der Waals surface area contributed by atoms with E-state index in [2.05, 4.69) is 4.72 Å². The van der Waals surface area contributed by atoms with Crippen LogP contribution in [0.25, 0.3) is 10.8 Å². The molecule has 2 aromatic rings. The molecule has 0 saturated heterocycles. The zero-order valence-corrected chi connectivity index (χ0v) is 10.8. The number of sulfonamides is 1. The molecule has 0 aliphatic heterocycles. The summed E-state index contributed by atoms with van der Waals surface area (Å²) in [5.41, 5.74) is 0.149. The highest BCUT2D eigenvalue weighted by Gasteiger charge is 2.23. The lowest BCUT2D eigenvalue weighted by molar-refractivity contribution is -0.115. The van der Waals surface area contributed by atoms with Gasteiger partial charge < -0.3 is 0 Å². The highest BCUT2D eigenvalue weighted by atomic mass is 32.2. The predicted molar refractivity (Wildman–Crippen MR) is 70.3 cm³/mol. The monoisotopic (exact) mass is 276 g/mol. The molecule has 1 radical (unpaired) electrons. The SMILES string of the molecule is CS(=O)(=O)[N]C(=O)C(=O)c1cccc2ccccc12. The Morgan fingerprint density at radius 1 is 1.00 bits per heavy atom. The summed E-state index contributed by atoms with van der Waals surface area (Å²) in [6.45, 7) is 0. The highest BCUT2D eigenvalue weighted by Crippen LogP contribution is 2.19. The van der Waals surface area contributed by atoms with Crippen LogP contribution >= 0.6 is 0 Å². The van der Waals surface area contributed by atoms with Gasteiger partial charge in [-0.2, -0.15) is 0 Å². The Labute approximate surface area is 110 Å². The first kappa shape index (κ1) is 13.2. The number of rotatable bonds is 3. The van der Waals surface area contributed by atoms with Crippen molar-refractivity contribution in [2.24, 2.45) is 0 Å². The number of benzene rings is 2. The van der Waals surface area contributed by atoms with Crippen LogP contribution in [0.15, 0.2) is 42.5 Å². The Kier molecular flexibility index (Phi) is 3.35. The molecule has 0 atom stereocenters. The van der Waals surface area contributed by atoms with Crippen LogP contribution in [0.3, 0.4) is 0 Å². The van der Waals surface area contributed by atoms with Gasteiger partial charge in [-0.15, -0.1) is 4.72 Å². The molecule has 97 valence electrons. The maximum absolute atomic E-state index is 11.9. The van der Waals surface area contributed by atoms with Crippen LogP contribution in [0.2, 0.25) is 0 Å². The fourth-order valence-corrected chi connectivity index (χ4v) is 2.11.